The Kier molecular flexibility index (Phi) is 6.77. The second kappa shape index (κ2) is 9.75. The maximum Gasteiger partial charge on any atom is 0.300 e. The zero-order valence-corrected chi connectivity index (χ0v) is 19.8. The Morgan fingerprint density at radius 1 is 1.09 bits per heavy atom. The molecule has 0 bridgehead atoms. The molecule has 1 unspecified atom stereocenters. The van der Waals surface area contributed by atoms with Gasteiger partial charge in [-0.3, -0.25) is 19.5 Å². The lowest BCUT2D eigenvalue weighted by Crippen LogP contribution is -2.29. The van der Waals surface area contributed by atoms with Gasteiger partial charge in [0.1, 0.15) is 17.6 Å². The van der Waals surface area contributed by atoms with Crippen LogP contribution in [0.3, 0.4) is 0 Å². The Morgan fingerprint density at radius 3 is 2.44 bits per heavy atom. The van der Waals surface area contributed by atoms with Crippen molar-refractivity contribution < 1.29 is 24.2 Å². The van der Waals surface area contributed by atoms with Gasteiger partial charge in [-0.15, -0.1) is 0 Å². The van der Waals surface area contributed by atoms with Crippen molar-refractivity contribution >= 4 is 46.3 Å². The van der Waals surface area contributed by atoms with Gasteiger partial charge in [0.2, 0.25) is 0 Å². The number of ketones is 1. The van der Waals surface area contributed by atoms with E-state index in [9.17, 15) is 14.7 Å². The topological polar surface area (TPSA) is 89.0 Å². The fraction of sp³-hybridized carbons (Fsp3) is 0.160. The number of Topliss-reactive ketones (excluding diaryl/α,β-unsaturated/α-hetero) is 1. The largest absolute Gasteiger partial charge is 0.507 e. The molecule has 1 aliphatic rings. The van der Waals surface area contributed by atoms with Crippen LogP contribution < -0.4 is 14.4 Å². The lowest BCUT2D eigenvalue weighted by molar-refractivity contribution is -0.132. The summed E-state index contributed by atoms with van der Waals surface area (Å²) < 4.78 is 10.7. The fourth-order valence-corrected chi connectivity index (χ4v) is 4.49. The maximum absolute atomic E-state index is 13.2. The van der Waals surface area contributed by atoms with Gasteiger partial charge >= 0.3 is 0 Å². The van der Waals surface area contributed by atoms with E-state index in [1.807, 2.05) is 6.92 Å². The molecule has 1 saturated heterocycles. The minimum Gasteiger partial charge on any atom is -0.507 e. The molecule has 174 valence electrons. The van der Waals surface area contributed by atoms with E-state index in [1.165, 1.54) is 24.1 Å². The molecule has 0 radical (unpaired) electrons. The number of aliphatic hydroxyl groups excluding tert-OH is 1. The quantitative estimate of drug-likeness (QED) is 0.277. The molecular formula is C25H20Cl2N2O5. The molecule has 2 heterocycles. The molecule has 3 aromatic rings. The smallest absolute Gasteiger partial charge is 0.300 e. The Balaban J connectivity index is 1.93. The van der Waals surface area contributed by atoms with E-state index >= 15 is 0 Å². The summed E-state index contributed by atoms with van der Waals surface area (Å²) in [6.07, 6.45) is 1.55. The van der Waals surface area contributed by atoms with Gasteiger partial charge in [0.05, 0.1) is 35.0 Å². The second-order valence-electron chi connectivity index (χ2n) is 7.33. The predicted octanol–water partition coefficient (Wildman–Crippen LogP) is 5.42. The molecule has 1 N–H and O–H groups in total. The third kappa shape index (κ3) is 4.20. The third-order valence-corrected chi connectivity index (χ3v) is 5.86. The zero-order chi connectivity index (χ0) is 24.4. The van der Waals surface area contributed by atoms with Crippen LogP contribution in [-0.4, -0.2) is 35.5 Å². The summed E-state index contributed by atoms with van der Waals surface area (Å²) >= 11 is 12.5. The van der Waals surface area contributed by atoms with Crippen LogP contribution in [0.5, 0.6) is 11.5 Å². The SMILES string of the molecule is CCOc1cccc(N2C(=O)C(=O)/C(=C(/O)c3cc(Cl)c(OC)c(Cl)c3)C2c2ccccn2)c1. The van der Waals surface area contributed by atoms with Gasteiger partial charge in [0.15, 0.2) is 5.75 Å². The van der Waals surface area contributed by atoms with Crippen LogP contribution in [0.4, 0.5) is 5.69 Å². The van der Waals surface area contributed by atoms with Crippen molar-refractivity contribution in [1.29, 1.82) is 0 Å². The number of anilines is 1. The maximum atomic E-state index is 13.2. The summed E-state index contributed by atoms with van der Waals surface area (Å²) in [5.74, 6) is -1.33. The van der Waals surface area contributed by atoms with Gasteiger partial charge in [-0.05, 0) is 43.3 Å². The van der Waals surface area contributed by atoms with Crippen LogP contribution in [0.2, 0.25) is 10.0 Å². The molecule has 0 spiro atoms. The van der Waals surface area contributed by atoms with Crippen LogP contribution in [-0.2, 0) is 9.59 Å². The number of nitrogens with zero attached hydrogens (tertiary/aromatic N) is 2. The summed E-state index contributed by atoms with van der Waals surface area (Å²) in [4.78, 5) is 32.1. The summed E-state index contributed by atoms with van der Waals surface area (Å²) in [5, 5.41) is 11.5. The highest BCUT2D eigenvalue weighted by atomic mass is 35.5. The van der Waals surface area contributed by atoms with Gasteiger partial charge in [-0.1, -0.05) is 35.3 Å². The van der Waals surface area contributed by atoms with Gasteiger partial charge in [-0.2, -0.15) is 0 Å². The number of carbonyl (C=O) groups is 2. The zero-order valence-electron chi connectivity index (χ0n) is 18.3. The van der Waals surface area contributed by atoms with Crippen molar-refractivity contribution in [1.82, 2.24) is 4.98 Å². The van der Waals surface area contributed by atoms with E-state index in [0.717, 1.165) is 0 Å². The van der Waals surface area contributed by atoms with Crippen LogP contribution >= 0.6 is 23.2 Å². The van der Waals surface area contributed by atoms with Crippen molar-refractivity contribution in [2.45, 2.75) is 13.0 Å². The predicted molar refractivity (Wildman–Crippen MR) is 130 cm³/mol. The van der Waals surface area contributed by atoms with E-state index in [1.54, 1.807) is 48.7 Å². The minimum atomic E-state index is -0.988. The molecule has 1 fully saturated rings. The van der Waals surface area contributed by atoms with E-state index in [0.29, 0.717) is 23.7 Å². The molecule has 34 heavy (non-hydrogen) atoms. The summed E-state index contributed by atoms with van der Waals surface area (Å²) in [6.45, 7) is 2.28. The monoisotopic (exact) mass is 498 g/mol. The molecule has 1 aromatic heterocycles. The number of carbonyl (C=O) groups excluding carboxylic acids is 2. The first kappa shape index (κ1) is 23.6. The molecule has 0 saturated carbocycles. The number of hydrogen-bond acceptors (Lipinski definition) is 6. The number of methoxy groups -OCH3 is 1. The average molecular weight is 499 g/mol. The van der Waals surface area contributed by atoms with E-state index < -0.39 is 23.5 Å². The Bertz CT molecular complexity index is 1270. The van der Waals surface area contributed by atoms with E-state index in [-0.39, 0.29) is 26.9 Å². The molecule has 0 aliphatic carbocycles. The van der Waals surface area contributed by atoms with Gasteiger partial charge < -0.3 is 14.6 Å². The molecule has 1 aliphatic heterocycles. The minimum absolute atomic E-state index is 0.136. The third-order valence-electron chi connectivity index (χ3n) is 5.29. The van der Waals surface area contributed by atoms with E-state index in [4.69, 9.17) is 32.7 Å². The molecule has 2 aromatic carbocycles. The standard InChI is InChI=1S/C25H20Cl2N2O5/c1-3-34-16-8-6-7-15(13-16)29-21(19-9-4-5-10-28-19)20(23(31)25(29)32)22(30)14-11-17(26)24(33-2)18(27)12-14/h4-13,21,30H,3H2,1-2H3/b22-20+. The highest BCUT2D eigenvalue weighted by molar-refractivity contribution is 6.51. The van der Waals surface area contributed by atoms with Crippen molar-refractivity contribution in [3.8, 4) is 11.5 Å². The van der Waals surface area contributed by atoms with Gasteiger partial charge in [0.25, 0.3) is 11.7 Å². The van der Waals surface area contributed by atoms with Gasteiger partial charge in [-0.25, -0.2) is 0 Å². The highest BCUT2D eigenvalue weighted by Gasteiger charge is 2.47. The first-order chi connectivity index (χ1) is 16.4. The Morgan fingerprint density at radius 2 is 1.82 bits per heavy atom. The molecule has 1 amide bonds. The molecule has 1 atom stereocenters. The van der Waals surface area contributed by atoms with Crippen LogP contribution in [0, 0.1) is 0 Å². The molecule has 9 heteroatoms. The Hall–Kier alpha value is -3.55. The molecular weight excluding hydrogens is 479 g/mol. The number of amides is 1. The number of ether oxygens (including phenoxy) is 2. The second-order valence-corrected chi connectivity index (χ2v) is 8.14. The first-order valence-corrected chi connectivity index (χ1v) is 11.1. The van der Waals surface area contributed by atoms with Crippen molar-refractivity contribution in [2.24, 2.45) is 0 Å². The molecule has 4 rings (SSSR count). The summed E-state index contributed by atoms with van der Waals surface area (Å²) in [5.41, 5.74) is 0.852. The van der Waals surface area contributed by atoms with Crippen LogP contribution in [0.25, 0.3) is 5.76 Å². The number of aliphatic hydroxyl groups is 1. The number of rotatable bonds is 6. The average Bonchev–Trinajstić information content (AvgIpc) is 3.10. The van der Waals surface area contributed by atoms with Crippen molar-refractivity contribution in [3.05, 3.63) is 87.7 Å². The van der Waals surface area contributed by atoms with Crippen molar-refractivity contribution in [3.63, 3.8) is 0 Å². The normalized spacial score (nSPS) is 17.2. The number of benzene rings is 2. The number of aromatic nitrogens is 1. The lowest BCUT2D eigenvalue weighted by Gasteiger charge is -2.25. The fourth-order valence-electron chi connectivity index (χ4n) is 3.85. The van der Waals surface area contributed by atoms with E-state index in [2.05, 4.69) is 4.98 Å². The van der Waals surface area contributed by atoms with Crippen molar-refractivity contribution in [2.75, 3.05) is 18.6 Å². The Labute approximate surface area is 206 Å². The van der Waals surface area contributed by atoms with Gasteiger partial charge in [0, 0.05) is 23.5 Å². The van der Waals surface area contributed by atoms with Crippen LogP contribution in [0.15, 0.2) is 66.4 Å². The lowest BCUT2D eigenvalue weighted by atomic mass is 9.98. The first-order valence-electron chi connectivity index (χ1n) is 10.4. The molecule has 7 nitrogen and oxygen atoms in total. The van der Waals surface area contributed by atoms with Crippen LogP contribution in [0.1, 0.15) is 24.2 Å². The number of hydrogen-bond donors (Lipinski definition) is 1. The number of pyridine rings is 1. The highest BCUT2D eigenvalue weighted by Crippen LogP contribution is 2.43. The summed E-state index contributed by atoms with van der Waals surface area (Å²) in [6, 6.07) is 13.8. The number of halogens is 2. The summed E-state index contributed by atoms with van der Waals surface area (Å²) in [7, 11) is 1.41.